The van der Waals surface area contributed by atoms with Crippen molar-refractivity contribution in [3.8, 4) is 0 Å². The number of likely N-dealkylation sites (N-methyl/N-ethyl adjacent to an activating group) is 4. The Balaban J connectivity index is 0.00000400. The largest absolute Gasteiger partial charge is 3.00 e. The number of hydrogen-bond acceptors (Lipinski definition) is 6. The molecule has 4 unspecified atom stereocenters. The number of hydrogen-bond donors (Lipinski definition) is 2. The molecule has 262 valence electrons. The summed E-state index contributed by atoms with van der Waals surface area (Å²) in [5.74, 6) is 0. The van der Waals surface area contributed by atoms with Gasteiger partial charge in [0.15, 0.2) is 0 Å². The van der Waals surface area contributed by atoms with Crippen LogP contribution in [0.3, 0.4) is 0 Å². The third-order valence-electron chi connectivity index (χ3n) is 10.8. The second-order valence-electron chi connectivity index (χ2n) is 14.0. The standard InChI is InChI=1S/C44H42N8.Mn/c1-49-25-9-5-13-37(49)41-29-17-19-31(45-29)42(38-14-6-10-26-50(38)2)33-21-23-35(47-33)44(40-16-8-12-28-52(40)4)36-24-22-34(48-36)43(32-20-18-30(41)46-32)39-15-7-11-27-51(39)3;/h5-28,37-40,45-46H,1-4H3;/q;+3. The Bertz CT molecular complexity index is 2300. The Morgan fingerprint density at radius 3 is 1.02 bits per heavy atom. The van der Waals surface area contributed by atoms with Crippen molar-refractivity contribution in [2.45, 2.75) is 24.2 Å². The smallest absolute Gasteiger partial charge is 0.370 e. The quantitative estimate of drug-likeness (QED) is 0.180. The molecule has 8 nitrogen and oxygen atoms in total. The van der Waals surface area contributed by atoms with Gasteiger partial charge < -0.3 is 29.6 Å². The average molecular weight is 738 g/mol. The van der Waals surface area contributed by atoms with Crippen molar-refractivity contribution < 1.29 is 17.1 Å². The van der Waals surface area contributed by atoms with E-state index in [1.54, 1.807) is 0 Å². The van der Waals surface area contributed by atoms with Crippen LogP contribution < -0.4 is 0 Å². The molecule has 8 bridgehead atoms. The number of aromatic amines is 2. The molecule has 0 aromatic carbocycles. The predicted molar refractivity (Wildman–Crippen MR) is 214 cm³/mol. The molecule has 3 aromatic heterocycles. The van der Waals surface area contributed by atoms with E-state index >= 15 is 0 Å². The number of rotatable bonds is 4. The minimum atomic E-state index is -0.0393. The van der Waals surface area contributed by atoms with Gasteiger partial charge in [-0.05, 0) is 97.7 Å². The summed E-state index contributed by atoms with van der Waals surface area (Å²) in [6.07, 6.45) is 43.0. The molecule has 3 aromatic rings. The van der Waals surface area contributed by atoms with Crippen LogP contribution in [0.4, 0.5) is 0 Å². The van der Waals surface area contributed by atoms with Crippen molar-refractivity contribution in [3.63, 3.8) is 0 Å². The van der Waals surface area contributed by atoms with Crippen LogP contribution in [-0.4, -0.2) is 67.7 Å². The van der Waals surface area contributed by atoms with Crippen LogP contribution in [0, 0.1) is 0 Å². The van der Waals surface area contributed by atoms with E-state index in [-0.39, 0.29) is 41.2 Å². The summed E-state index contributed by atoms with van der Waals surface area (Å²) < 4.78 is 0. The second kappa shape index (κ2) is 14.0. The first kappa shape index (κ1) is 34.3. The molecule has 53 heavy (non-hydrogen) atoms. The molecule has 0 fully saturated rings. The summed E-state index contributed by atoms with van der Waals surface area (Å²) in [4.78, 5) is 27.7. The number of H-pyrrole nitrogens is 2. The summed E-state index contributed by atoms with van der Waals surface area (Å²) in [5.41, 5.74) is 12.3. The topological polar surface area (TPSA) is 70.3 Å². The number of aromatic nitrogens is 4. The molecule has 9 rings (SSSR count). The summed E-state index contributed by atoms with van der Waals surface area (Å²) in [5, 5.41) is 0. The summed E-state index contributed by atoms with van der Waals surface area (Å²) >= 11 is 0. The number of nitrogens with zero attached hydrogens (tertiary/aromatic N) is 6. The van der Waals surface area contributed by atoms with Gasteiger partial charge in [0.1, 0.15) is 0 Å². The van der Waals surface area contributed by atoms with Crippen molar-refractivity contribution in [2.75, 3.05) is 28.2 Å². The second-order valence-corrected chi connectivity index (χ2v) is 14.0. The summed E-state index contributed by atoms with van der Waals surface area (Å²) in [6.45, 7) is 0. The van der Waals surface area contributed by atoms with E-state index in [1.165, 1.54) is 0 Å². The van der Waals surface area contributed by atoms with Crippen molar-refractivity contribution in [1.29, 1.82) is 0 Å². The summed E-state index contributed by atoms with van der Waals surface area (Å²) in [6, 6.07) is 8.81. The van der Waals surface area contributed by atoms with Crippen molar-refractivity contribution in [1.82, 2.24) is 39.5 Å². The first-order valence-corrected chi connectivity index (χ1v) is 17.9. The van der Waals surface area contributed by atoms with Gasteiger partial charge >= 0.3 is 17.1 Å². The summed E-state index contributed by atoms with van der Waals surface area (Å²) in [7, 11) is 8.50. The van der Waals surface area contributed by atoms with Crippen molar-refractivity contribution in [2.24, 2.45) is 0 Å². The molecular formula is C44H42MnN8+3. The van der Waals surface area contributed by atoms with Gasteiger partial charge in [-0.1, -0.05) is 48.6 Å². The average Bonchev–Trinajstić information content (AvgIpc) is 3.99. The van der Waals surface area contributed by atoms with Crippen LogP contribution in [0.1, 0.15) is 69.2 Å². The van der Waals surface area contributed by atoms with Gasteiger partial charge in [0.05, 0.1) is 46.9 Å². The number of allylic oxidation sites excluding steroid dienone is 8. The molecule has 0 saturated carbocycles. The maximum atomic E-state index is 5.46. The van der Waals surface area contributed by atoms with Gasteiger partial charge in [-0.2, -0.15) is 0 Å². The zero-order valence-electron chi connectivity index (χ0n) is 30.2. The van der Waals surface area contributed by atoms with Gasteiger partial charge in [-0.15, -0.1) is 0 Å². The van der Waals surface area contributed by atoms with Crippen LogP contribution in [0.5, 0.6) is 0 Å². The van der Waals surface area contributed by atoms with Gasteiger partial charge in [0, 0.05) is 72.5 Å². The van der Waals surface area contributed by atoms with Crippen LogP contribution >= 0.6 is 0 Å². The van der Waals surface area contributed by atoms with Crippen LogP contribution in [0.2, 0.25) is 0 Å². The van der Waals surface area contributed by atoms with Crippen LogP contribution in [0.15, 0.2) is 122 Å². The first-order chi connectivity index (χ1) is 25.4. The SMILES string of the molecule is CN1C=CC=CC1c1c2nc(c(C3C=CC=CN3C)c3ccc([nH]3)c(C3C=CC=CN3C)c3ccc([nH]3)c(C3C=CC=CN3C)c3nc1C=C3)C=C2.[Mn+3]. The van der Waals surface area contributed by atoms with E-state index in [4.69, 9.17) is 9.97 Å². The fourth-order valence-electron chi connectivity index (χ4n) is 8.07. The van der Waals surface area contributed by atoms with E-state index in [0.717, 1.165) is 67.1 Å². The fraction of sp³-hybridized carbons (Fsp3) is 0.182. The minimum Gasteiger partial charge on any atom is -0.370 e. The molecule has 4 atom stereocenters. The van der Waals surface area contributed by atoms with Gasteiger partial charge in [-0.25, -0.2) is 9.97 Å². The van der Waals surface area contributed by atoms with Gasteiger partial charge in [0.2, 0.25) is 0 Å². The van der Waals surface area contributed by atoms with E-state index in [9.17, 15) is 0 Å². The molecule has 9 heterocycles. The molecule has 9 heteroatoms. The maximum absolute atomic E-state index is 5.46. The predicted octanol–water partition coefficient (Wildman–Crippen LogP) is 8.88. The zero-order chi connectivity index (χ0) is 35.3. The molecule has 0 radical (unpaired) electrons. The van der Waals surface area contributed by atoms with Gasteiger partial charge in [0.25, 0.3) is 0 Å². The first-order valence-electron chi connectivity index (χ1n) is 17.9. The van der Waals surface area contributed by atoms with E-state index in [1.807, 2.05) is 0 Å². The third kappa shape index (κ3) is 6.06. The van der Waals surface area contributed by atoms with E-state index in [2.05, 4.69) is 204 Å². The third-order valence-corrected chi connectivity index (χ3v) is 10.8. The Morgan fingerprint density at radius 1 is 0.396 bits per heavy atom. The Labute approximate surface area is 321 Å². The fourth-order valence-corrected chi connectivity index (χ4v) is 8.07. The van der Waals surface area contributed by atoms with E-state index in [0.29, 0.717) is 0 Å². The zero-order valence-corrected chi connectivity index (χ0v) is 31.4. The number of nitrogens with one attached hydrogen (secondary N) is 2. The maximum Gasteiger partial charge on any atom is 3.00 e. The molecule has 0 amide bonds. The van der Waals surface area contributed by atoms with E-state index < -0.39 is 0 Å². The molecule has 0 aliphatic carbocycles. The molecule has 0 saturated heterocycles. The molecule has 6 aliphatic heterocycles. The minimum absolute atomic E-state index is 0. The van der Waals surface area contributed by atoms with Crippen LogP contribution in [-0.2, 0) is 17.1 Å². The Kier molecular flexibility index (Phi) is 9.06. The Hall–Kier alpha value is -5.76. The van der Waals surface area contributed by atoms with Crippen molar-refractivity contribution in [3.05, 3.63) is 167 Å². The molecule has 2 N–H and O–H groups in total. The van der Waals surface area contributed by atoms with Crippen molar-refractivity contribution >= 4 is 46.4 Å². The normalized spacial score (nSPS) is 22.4. The van der Waals surface area contributed by atoms with Crippen LogP contribution in [0.25, 0.3) is 46.4 Å². The molecule has 0 spiro atoms. The molecule has 6 aliphatic rings. The number of fused-ring (bicyclic) bond motifs is 8. The molecular weight excluding hydrogens is 695 g/mol. The Morgan fingerprint density at radius 2 is 0.679 bits per heavy atom. The van der Waals surface area contributed by atoms with Gasteiger partial charge in [-0.3, -0.25) is 0 Å². The monoisotopic (exact) mass is 737 g/mol.